The third kappa shape index (κ3) is 4.16. The molecular formula is C17H21NO2S. The molecule has 1 unspecified atom stereocenters. The van der Waals surface area contributed by atoms with E-state index in [0.717, 1.165) is 17.1 Å². The Balaban J connectivity index is 2.02. The number of hydrogen-bond donors (Lipinski definition) is 1. The Labute approximate surface area is 130 Å². The number of rotatable bonds is 6. The number of benzene rings is 2. The van der Waals surface area contributed by atoms with Crippen LogP contribution in [0.25, 0.3) is 0 Å². The molecule has 4 heteroatoms. The molecule has 0 aliphatic carbocycles. The lowest BCUT2D eigenvalue weighted by Gasteiger charge is -2.15. The van der Waals surface area contributed by atoms with E-state index in [1.807, 2.05) is 18.2 Å². The summed E-state index contributed by atoms with van der Waals surface area (Å²) in [7, 11) is 3.26. The predicted octanol–water partition coefficient (Wildman–Crippen LogP) is 3.80. The van der Waals surface area contributed by atoms with Gasteiger partial charge in [0.1, 0.15) is 0 Å². The van der Waals surface area contributed by atoms with Crippen LogP contribution in [-0.2, 0) is 0 Å². The maximum atomic E-state index is 6.27. The second-order valence-corrected chi connectivity index (χ2v) is 5.94. The Bertz CT molecular complexity index is 584. The lowest BCUT2D eigenvalue weighted by molar-refractivity contribution is 0.354. The standard InChI is InChI=1S/C17H21NO2S/c1-12-4-7-14(8-5-12)21-11-15(18)13-6-9-16(19-2)17(10-13)20-3/h4-10,15H,11,18H2,1-3H3. The summed E-state index contributed by atoms with van der Waals surface area (Å²) in [6.45, 7) is 2.09. The zero-order valence-electron chi connectivity index (χ0n) is 12.6. The minimum atomic E-state index is -0.0453. The summed E-state index contributed by atoms with van der Waals surface area (Å²) in [5.41, 5.74) is 8.59. The van der Waals surface area contributed by atoms with E-state index < -0.39 is 0 Å². The van der Waals surface area contributed by atoms with Gasteiger partial charge in [-0.15, -0.1) is 11.8 Å². The van der Waals surface area contributed by atoms with Crippen LogP contribution < -0.4 is 15.2 Å². The summed E-state index contributed by atoms with van der Waals surface area (Å²) in [4.78, 5) is 1.23. The number of aryl methyl sites for hydroxylation is 1. The topological polar surface area (TPSA) is 44.5 Å². The largest absolute Gasteiger partial charge is 0.493 e. The molecule has 0 spiro atoms. The monoisotopic (exact) mass is 303 g/mol. The van der Waals surface area contributed by atoms with Crippen LogP contribution >= 0.6 is 11.8 Å². The molecule has 0 aliphatic rings. The van der Waals surface area contributed by atoms with Crippen LogP contribution in [0.15, 0.2) is 47.4 Å². The number of nitrogens with two attached hydrogens (primary N) is 1. The van der Waals surface area contributed by atoms with Crippen LogP contribution in [0.1, 0.15) is 17.2 Å². The summed E-state index contributed by atoms with van der Waals surface area (Å²) in [6.07, 6.45) is 0. The molecule has 112 valence electrons. The highest BCUT2D eigenvalue weighted by Gasteiger charge is 2.11. The van der Waals surface area contributed by atoms with Gasteiger partial charge in [0, 0.05) is 16.7 Å². The first-order valence-electron chi connectivity index (χ1n) is 6.81. The van der Waals surface area contributed by atoms with Gasteiger partial charge >= 0.3 is 0 Å². The summed E-state index contributed by atoms with van der Waals surface area (Å²) in [5, 5.41) is 0. The van der Waals surface area contributed by atoms with Gasteiger partial charge in [0.05, 0.1) is 14.2 Å². The van der Waals surface area contributed by atoms with Gasteiger partial charge in [0.25, 0.3) is 0 Å². The first kappa shape index (κ1) is 15.7. The summed E-state index contributed by atoms with van der Waals surface area (Å²) in [5.74, 6) is 2.25. The molecular weight excluding hydrogens is 282 g/mol. The molecule has 0 aliphatic heterocycles. The fourth-order valence-corrected chi connectivity index (χ4v) is 2.89. The van der Waals surface area contributed by atoms with E-state index in [0.29, 0.717) is 5.75 Å². The minimum absolute atomic E-state index is 0.0453. The van der Waals surface area contributed by atoms with Gasteiger partial charge in [-0.3, -0.25) is 0 Å². The van der Waals surface area contributed by atoms with Crippen LogP contribution in [0.4, 0.5) is 0 Å². The molecule has 0 saturated heterocycles. The van der Waals surface area contributed by atoms with Crippen molar-refractivity contribution in [1.82, 2.24) is 0 Å². The van der Waals surface area contributed by atoms with Gasteiger partial charge in [0.2, 0.25) is 0 Å². The Hall–Kier alpha value is -1.65. The SMILES string of the molecule is COc1ccc(C(N)CSc2ccc(C)cc2)cc1OC. The second kappa shape index (κ2) is 7.38. The van der Waals surface area contributed by atoms with Gasteiger partial charge in [-0.25, -0.2) is 0 Å². The van der Waals surface area contributed by atoms with E-state index in [4.69, 9.17) is 15.2 Å². The molecule has 21 heavy (non-hydrogen) atoms. The molecule has 2 rings (SSSR count). The van der Waals surface area contributed by atoms with E-state index >= 15 is 0 Å². The first-order valence-corrected chi connectivity index (χ1v) is 7.79. The summed E-state index contributed by atoms with van der Waals surface area (Å²) < 4.78 is 10.6. The highest BCUT2D eigenvalue weighted by molar-refractivity contribution is 7.99. The van der Waals surface area contributed by atoms with Crippen molar-refractivity contribution in [3.63, 3.8) is 0 Å². The van der Waals surface area contributed by atoms with Crippen LogP contribution in [0.2, 0.25) is 0 Å². The average molecular weight is 303 g/mol. The maximum absolute atomic E-state index is 6.27. The Kier molecular flexibility index (Phi) is 5.53. The molecule has 0 aromatic heterocycles. The van der Waals surface area contributed by atoms with Crippen molar-refractivity contribution in [3.05, 3.63) is 53.6 Å². The van der Waals surface area contributed by atoms with E-state index in [-0.39, 0.29) is 6.04 Å². The molecule has 0 radical (unpaired) electrons. The number of methoxy groups -OCH3 is 2. The Morgan fingerprint density at radius 3 is 2.29 bits per heavy atom. The lowest BCUT2D eigenvalue weighted by atomic mass is 10.1. The van der Waals surface area contributed by atoms with E-state index in [1.165, 1.54) is 10.5 Å². The van der Waals surface area contributed by atoms with Crippen molar-refractivity contribution < 1.29 is 9.47 Å². The van der Waals surface area contributed by atoms with Gasteiger partial charge < -0.3 is 15.2 Å². The van der Waals surface area contributed by atoms with Crippen LogP contribution in [0.5, 0.6) is 11.5 Å². The zero-order chi connectivity index (χ0) is 15.2. The van der Waals surface area contributed by atoms with Crippen molar-refractivity contribution >= 4 is 11.8 Å². The fourth-order valence-electron chi connectivity index (χ4n) is 2.00. The van der Waals surface area contributed by atoms with E-state index in [2.05, 4.69) is 31.2 Å². The molecule has 0 fully saturated rings. The first-order chi connectivity index (χ1) is 10.1. The predicted molar refractivity (Wildman–Crippen MR) is 88.4 cm³/mol. The number of thioether (sulfide) groups is 1. The third-order valence-corrected chi connectivity index (χ3v) is 4.42. The molecule has 3 nitrogen and oxygen atoms in total. The molecule has 2 aromatic rings. The minimum Gasteiger partial charge on any atom is -0.493 e. The number of ether oxygens (including phenoxy) is 2. The van der Waals surface area contributed by atoms with Crippen LogP contribution in [0, 0.1) is 6.92 Å². The quantitative estimate of drug-likeness (QED) is 0.824. The molecule has 0 amide bonds. The molecule has 2 aromatic carbocycles. The fraction of sp³-hybridized carbons (Fsp3) is 0.294. The molecule has 0 bridgehead atoms. The Morgan fingerprint density at radius 2 is 1.67 bits per heavy atom. The normalized spacial score (nSPS) is 12.0. The average Bonchev–Trinajstić information content (AvgIpc) is 2.53. The van der Waals surface area contributed by atoms with Crippen molar-refractivity contribution in [1.29, 1.82) is 0 Å². The molecule has 2 N–H and O–H groups in total. The van der Waals surface area contributed by atoms with Crippen molar-refractivity contribution in [2.24, 2.45) is 5.73 Å². The van der Waals surface area contributed by atoms with E-state index in [9.17, 15) is 0 Å². The summed E-state index contributed by atoms with van der Waals surface area (Å²) >= 11 is 1.76. The van der Waals surface area contributed by atoms with Gasteiger partial charge in [0.15, 0.2) is 11.5 Å². The second-order valence-electron chi connectivity index (χ2n) is 4.84. The van der Waals surface area contributed by atoms with Gasteiger partial charge in [-0.05, 0) is 36.8 Å². The highest BCUT2D eigenvalue weighted by Crippen LogP contribution is 2.31. The Morgan fingerprint density at radius 1 is 1.00 bits per heavy atom. The lowest BCUT2D eigenvalue weighted by Crippen LogP contribution is -2.13. The maximum Gasteiger partial charge on any atom is 0.161 e. The molecule has 0 saturated carbocycles. The smallest absolute Gasteiger partial charge is 0.161 e. The third-order valence-electron chi connectivity index (χ3n) is 3.29. The van der Waals surface area contributed by atoms with Crippen molar-refractivity contribution in [2.75, 3.05) is 20.0 Å². The molecule has 1 atom stereocenters. The van der Waals surface area contributed by atoms with Gasteiger partial charge in [-0.2, -0.15) is 0 Å². The van der Waals surface area contributed by atoms with Crippen LogP contribution in [-0.4, -0.2) is 20.0 Å². The zero-order valence-corrected chi connectivity index (χ0v) is 13.4. The highest BCUT2D eigenvalue weighted by atomic mass is 32.2. The van der Waals surface area contributed by atoms with E-state index in [1.54, 1.807) is 26.0 Å². The van der Waals surface area contributed by atoms with Crippen LogP contribution in [0.3, 0.4) is 0 Å². The summed E-state index contributed by atoms with van der Waals surface area (Å²) in [6, 6.07) is 14.3. The number of hydrogen-bond acceptors (Lipinski definition) is 4. The van der Waals surface area contributed by atoms with Crippen molar-refractivity contribution in [2.45, 2.75) is 17.9 Å². The van der Waals surface area contributed by atoms with Gasteiger partial charge in [-0.1, -0.05) is 23.8 Å². The van der Waals surface area contributed by atoms with Crippen molar-refractivity contribution in [3.8, 4) is 11.5 Å². The molecule has 0 heterocycles.